The number of furan rings is 1. The fraction of sp³-hybridized carbons (Fsp3) is 0.448. The first-order valence-corrected chi connectivity index (χ1v) is 12.9. The molecule has 1 N–H and O–H groups in total. The Labute approximate surface area is 207 Å². The van der Waals surface area contributed by atoms with Crippen molar-refractivity contribution in [2.24, 2.45) is 0 Å². The van der Waals surface area contributed by atoms with E-state index in [0.717, 1.165) is 36.9 Å². The van der Waals surface area contributed by atoms with Crippen LogP contribution in [0.3, 0.4) is 0 Å². The highest BCUT2D eigenvalue weighted by atomic mass is 16.3. The number of benzene rings is 1. The minimum absolute atomic E-state index is 0.0669. The van der Waals surface area contributed by atoms with Gasteiger partial charge in [-0.15, -0.1) is 0 Å². The Morgan fingerprint density at radius 2 is 1.74 bits per heavy atom. The van der Waals surface area contributed by atoms with Crippen molar-refractivity contribution >= 4 is 11.8 Å². The molecule has 1 aromatic carbocycles. The number of amides is 2. The van der Waals surface area contributed by atoms with Gasteiger partial charge >= 0.3 is 0 Å². The van der Waals surface area contributed by atoms with Crippen LogP contribution in [0.2, 0.25) is 0 Å². The fourth-order valence-electron chi connectivity index (χ4n) is 5.62. The largest absolute Gasteiger partial charge is 0.463 e. The number of carbonyl (C=O) groups is 2. The summed E-state index contributed by atoms with van der Waals surface area (Å²) in [6.45, 7) is 4.90. The van der Waals surface area contributed by atoms with E-state index >= 15 is 0 Å². The highest BCUT2D eigenvalue weighted by Gasteiger charge is 2.48. The SMILES string of the molecule is C[C@H](CN1C(=O)c2ccc(-c3ccco3)n2C[C@]1(C)C(=O)NC1CCCCCC1)c1ccccc1. The van der Waals surface area contributed by atoms with Gasteiger partial charge in [0.05, 0.1) is 18.5 Å². The molecule has 184 valence electrons. The van der Waals surface area contributed by atoms with Crippen LogP contribution in [0.25, 0.3) is 11.5 Å². The maximum absolute atomic E-state index is 14.0. The number of carbonyl (C=O) groups excluding carboxylic acids is 2. The molecule has 35 heavy (non-hydrogen) atoms. The van der Waals surface area contributed by atoms with Crippen molar-refractivity contribution in [1.29, 1.82) is 0 Å². The zero-order valence-electron chi connectivity index (χ0n) is 20.7. The summed E-state index contributed by atoms with van der Waals surface area (Å²) in [5, 5.41) is 3.34. The van der Waals surface area contributed by atoms with Crippen molar-refractivity contribution in [3.8, 4) is 11.5 Å². The second kappa shape index (κ2) is 9.76. The average Bonchev–Trinajstić information content (AvgIpc) is 3.47. The topological polar surface area (TPSA) is 67.5 Å². The summed E-state index contributed by atoms with van der Waals surface area (Å²) in [6, 6.07) is 17.9. The summed E-state index contributed by atoms with van der Waals surface area (Å²) in [7, 11) is 0. The summed E-state index contributed by atoms with van der Waals surface area (Å²) in [5.41, 5.74) is 1.56. The molecule has 3 heterocycles. The van der Waals surface area contributed by atoms with E-state index in [1.807, 2.05) is 54.0 Å². The third kappa shape index (κ3) is 4.54. The lowest BCUT2D eigenvalue weighted by Gasteiger charge is -2.45. The first kappa shape index (κ1) is 23.5. The summed E-state index contributed by atoms with van der Waals surface area (Å²) in [5.74, 6) is 0.607. The zero-order chi connectivity index (χ0) is 24.4. The molecule has 2 aliphatic rings. The van der Waals surface area contributed by atoms with Crippen molar-refractivity contribution in [2.75, 3.05) is 6.54 Å². The summed E-state index contributed by atoms with van der Waals surface area (Å²) >= 11 is 0. The van der Waals surface area contributed by atoms with Crippen molar-refractivity contribution in [3.05, 3.63) is 72.1 Å². The Bertz CT molecular complexity index is 1160. The van der Waals surface area contributed by atoms with Crippen LogP contribution in [0, 0.1) is 0 Å². The van der Waals surface area contributed by atoms with Crippen LogP contribution in [-0.4, -0.2) is 39.4 Å². The van der Waals surface area contributed by atoms with Gasteiger partial charge in [0.25, 0.3) is 5.91 Å². The molecule has 1 aliphatic carbocycles. The second-order valence-electron chi connectivity index (χ2n) is 10.3. The molecular weight excluding hydrogens is 438 g/mol. The van der Waals surface area contributed by atoms with E-state index in [9.17, 15) is 9.59 Å². The predicted molar refractivity (Wildman–Crippen MR) is 136 cm³/mol. The monoisotopic (exact) mass is 473 g/mol. The molecule has 0 saturated heterocycles. The average molecular weight is 474 g/mol. The number of hydrogen-bond acceptors (Lipinski definition) is 3. The first-order valence-electron chi connectivity index (χ1n) is 12.9. The van der Waals surface area contributed by atoms with E-state index in [1.54, 1.807) is 11.2 Å². The van der Waals surface area contributed by atoms with Crippen molar-refractivity contribution in [3.63, 3.8) is 0 Å². The Morgan fingerprint density at radius 3 is 2.43 bits per heavy atom. The molecule has 1 saturated carbocycles. The van der Waals surface area contributed by atoms with Crippen LogP contribution in [0.1, 0.15) is 74.3 Å². The van der Waals surface area contributed by atoms with Crippen LogP contribution in [-0.2, 0) is 11.3 Å². The van der Waals surface area contributed by atoms with E-state index in [-0.39, 0.29) is 23.8 Å². The Balaban J connectivity index is 1.49. The molecular formula is C29H35N3O3. The highest BCUT2D eigenvalue weighted by Crippen LogP contribution is 2.35. The second-order valence-corrected chi connectivity index (χ2v) is 10.3. The Kier molecular flexibility index (Phi) is 6.54. The highest BCUT2D eigenvalue weighted by molar-refractivity contribution is 6.00. The minimum Gasteiger partial charge on any atom is -0.463 e. The van der Waals surface area contributed by atoms with Gasteiger partial charge in [0.2, 0.25) is 5.91 Å². The van der Waals surface area contributed by atoms with Gasteiger partial charge < -0.3 is 19.2 Å². The smallest absolute Gasteiger partial charge is 0.271 e. The first-order chi connectivity index (χ1) is 17.0. The molecule has 1 aliphatic heterocycles. The molecule has 2 amide bonds. The number of nitrogens with zero attached hydrogens (tertiary/aromatic N) is 2. The number of fused-ring (bicyclic) bond motifs is 1. The molecule has 0 bridgehead atoms. The summed E-state index contributed by atoms with van der Waals surface area (Å²) in [6.07, 6.45) is 8.36. The van der Waals surface area contributed by atoms with Crippen molar-refractivity contribution in [1.82, 2.24) is 14.8 Å². The van der Waals surface area contributed by atoms with Gasteiger partial charge in [0, 0.05) is 12.6 Å². The summed E-state index contributed by atoms with van der Waals surface area (Å²) in [4.78, 5) is 29.7. The van der Waals surface area contributed by atoms with Gasteiger partial charge in [-0.3, -0.25) is 9.59 Å². The molecule has 2 atom stereocenters. The molecule has 3 aromatic rings. The lowest BCUT2D eigenvalue weighted by molar-refractivity contribution is -0.133. The quantitative estimate of drug-likeness (QED) is 0.474. The number of aromatic nitrogens is 1. The van der Waals surface area contributed by atoms with Crippen LogP contribution in [0.15, 0.2) is 65.3 Å². The lowest BCUT2D eigenvalue weighted by atomic mass is 9.91. The third-order valence-corrected chi connectivity index (χ3v) is 7.78. The Morgan fingerprint density at radius 1 is 1.03 bits per heavy atom. The lowest BCUT2D eigenvalue weighted by Crippen LogP contribution is -2.65. The van der Waals surface area contributed by atoms with E-state index < -0.39 is 5.54 Å². The molecule has 6 heteroatoms. The van der Waals surface area contributed by atoms with Crippen LogP contribution in [0.5, 0.6) is 0 Å². The number of hydrogen-bond donors (Lipinski definition) is 1. The zero-order valence-corrected chi connectivity index (χ0v) is 20.7. The van der Waals surface area contributed by atoms with Crippen LogP contribution in [0.4, 0.5) is 0 Å². The molecule has 0 radical (unpaired) electrons. The maximum atomic E-state index is 14.0. The minimum atomic E-state index is -1.01. The molecule has 0 unspecified atom stereocenters. The van der Waals surface area contributed by atoms with Gasteiger partial charge in [0.1, 0.15) is 17.0 Å². The molecule has 2 aromatic heterocycles. The van der Waals surface area contributed by atoms with Gasteiger partial charge in [0.15, 0.2) is 0 Å². The molecule has 0 spiro atoms. The van der Waals surface area contributed by atoms with Gasteiger partial charge in [-0.2, -0.15) is 0 Å². The fourth-order valence-corrected chi connectivity index (χ4v) is 5.62. The summed E-state index contributed by atoms with van der Waals surface area (Å²) < 4.78 is 7.60. The Hall–Kier alpha value is -3.28. The predicted octanol–water partition coefficient (Wildman–Crippen LogP) is 5.61. The molecule has 1 fully saturated rings. The van der Waals surface area contributed by atoms with Crippen LogP contribution >= 0.6 is 0 Å². The third-order valence-electron chi connectivity index (χ3n) is 7.78. The molecule has 5 rings (SSSR count). The number of rotatable bonds is 6. The van der Waals surface area contributed by atoms with Gasteiger partial charge in [-0.05, 0) is 55.5 Å². The van der Waals surface area contributed by atoms with Crippen molar-refractivity contribution in [2.45, 2.75) is 76.4 Å². The molecule has 6 nitrogen and oxygen atoms in total. The van der Waals surface area contributed by atoms with Gasteiger partial charge in [-0.25, -0.2) is 0 Å². The van der Waals surface area contributed by atoms with E-state index in [1.165, 1.54) is 12.8 Å². The van der Waals surface area contributed by atoms with Crippen LogP contribution < -0.4 is 5.32 Å². The van der Waals surface area contributed by atoms with E-state index in [2.05, 4.69) is 24.4 Å². The standard InChI is InChI=1S/C29H35N3O3/c1-21(22-11-6-5-7-12-22)19-32-27(33)25-17-16-24(26-15-10-18-35-26)31(25)20-29(32,2)28(34)30-23-13-8-3-4-9-14-23/h5-7,10-12,15-18,21,23H,3-4,8-9,13-14,19-20H2,1-2H3,(H,30,34)/t21-,29-/m1/s1. The van der Waals surface area contributed by atoms with Crippen molar-refractivity contribution < 1.29 is 14.0 Å². The number of nitrogens with one attached hydrogen (secondary N) is 1. The normalized spacial score (nSPS) is 21.9. The maximum Gasteiger partial charge on any atom is 0.271 e. The van der Waals surface area contributed by atoms with Gasteiger partial charge in [-0.1, -0.05) is 62.9 Å². The van der Waals surface area contributed by atoms with E-state index in [4.69, 9.17) is 4.42 Å². The van der Waals surface area contributed by atoms with E-state index in [0.29, 0.717) is 24.5 Å².